The summed E-state index contributed by atoms with van der Waals surface area (Å²) >= 11 is 1.39. The number of hydrogen-bond donors (Lipinski definition) is 2. The molecule has 1 aliphatic carbocycles. The highest BCUT2D eigenvalue weighted by molar-refractivity contribution is 7.17. The third-order valence-corrected chi connectivity index (χ3v) is 5.05. The van der Waals surface area contributed by atoms with Crippen LogP contribution in [0.5, 0.6) is 0 Å². The number of carbonyl (C=O) groups is 2. The second kappa shape index (κ2) is 5.96. The highest BCUT2D eigenvalue weighted by Gasteiger charge is 2.25. The van der Waals surface area contributed by atoms with E-state index >= 15 is 0 Å². The molecule has 0 radical (unpaired) electrons. The summed E-state index contributed by atoms with van der Waals surface area (Å²) in [6.45, 7) is 0. The van der Waals surface area contributed by atoms with Gasteiger partial charge in [-0.1, -0.05) is 0 Å². The summed E-state index contributed by atoms with van der Waals surface area (Å²) in [6, 6.07) is 2.63. The van der Waals surface area contributed by atoms with Crippen molar-refractivity contribution >= 4 is 28.2 Å². The maximum absolute atomic E-state index is 12.3. The van der Waals surface area contributed by atoms with Crippen LogP contribution in [0, 0.1) is 0 Å². The average molecular weight is 332 g/mol. The molecular weight excluding hydrogens is 316 g/mol. The second-order valence-electron chi connectivity index (χ2n) is 5.41. The molecule has 0 bridgehead atoms. The molecule has 3 rings (SSSR count). The fraction of sp³-hybridized carbons (Fsp3) is 0.333. The van der Waals surface area contributed by atoms with Crippen LogP contribution in [-0.4, -0.2) is 21.6 Å². The van der Waals surface area contributed by atoms with Gasteiger partial charge in [0.2, 0.25) is 0 Å². The van der Waals surface area contributed by atoms with E-state index in [2.05, 4.69) is 10.4 Å². The molecule has 0 unspecified atom stereocenters. The minimum atomic E-state index is -0.534. The van der Waals surface area contributed by atoms with Crippen LogP contribution in [0.1, 0.15) is 44.1 Å². The highest BCUT2D eigenvalue weighted by Crippen LogP contribution is 2.37. The Balaban J connectivity index is 1.94. The zero-order valence-electron chi connectivity index (χ0n) is 12.6. The lowest BCUT2D eigenvalue weighted by Crippen LogP contribution is -2.24. The summed E-state index contributed by atoms with van der Waals surface area (Å²) in [5.74, 6) is -1.00. The normalized spacial score (nSPS) is 13.4. The molecule has 2 heterocycles. The van der Waals surface area contributed by atoms with Crippen molar-refractivity contribution in [3.05, 3.63) is 44.2 Å². The zero-order valence-corrected chi connectivity index (χ0v) is 13.4. The van der Waals surface area contributed by atoms with Crippen LogP contribution >= 0.6 is 11.3 Å². The molecule has 7 nitrogen and oxygen atoms in total. The Hall–Kier alpha value is -2.48. The molecule has 120 valence electrons. The Morgan fingerprint density at radius 1 is 1.30 bits per heavy atom. The van der Waals surface area contributed by atoms with Crippen molar-refractivity contribution in [2.45, 2.75) is 25.7 Å². The molecule has 2 amide bonds. The zero-order chi connectivity index (χ0) is 16.6. The van der Waals surface area contributed by atoms with Gasteiger partial charge in [0, 0.05) is 18.0 Å². The molecular formula is C15H16N4O3S. The number of carbonyl (C=O) groups excluding carboxylic acids is 2. The number of nitrogens with one attached hydrogen (secondary N) is 1. The van der Waals surface area contributed by atoms with Crippen LogP contribution in [0.3, 0.4) is 0 Å². The Bertz CT molecular complexity index is 853. The van der Waals surface area contributed by atoms with E-state index in [1.165, 1.54) is 30.5 Å². The number of nitrogens with two attached hydrogens (primary N) is 1. The second-order valence-corrected chi connectivity index (χ2v) is 6.52. The Morgan fingerprint density at radius 3 is 2.74 bits per heavy atom. The van der Waals surface area contributed by atoms with E-state index in [0.717, 1.165) is 40.8 Å². The van der Waals surface area contributed by atoms with Gasteiger partial charge in [0.15, 0.2) is 0 Å². The molecule has 0 fully saturated rings. The quantitative estimate of drug-likeness (QED) is 0.876. The van der Waals surface area contributed by atoms with Gasteiger partial charge in [0.25, 0.3) is 17.4 Å². The molecule has 0 spiro atoms. The molecule has 2 aromatic rings. The van der Waals surface area contributed by atoms with Gasteiger partial charge in [0.05, 0.1) is 5.56 Å². The third-order valence-electron chi connectivity index (χ3n) is 3.84. The molecule has 0 atom stereocenters. The van der Waals surface area contributed by atoms with Crippen molar-refractivity contribution in [1.82, 2.24) is 9.78 Å². The minimum absolute atomic E-state index is 0.105. The summed E-state index contributed by atoms with van der Waals surface area (Å²) in [5.41, 5.74) is 6.66. The fourth-order valence-corrected chi connectivity index (χ4v) is 3.99. The van der Waals surface area contributed by atoms with Crippen LogP contribution in [-0.2, 0) is 19.9 Å². The molecule has 3 N–H and O–H groups in total. The SMILES string of the molecule is Cn1nc(C(=O)Nc2sc3c(c2C(N)=O)CCCC3)ccc1=O. The minimum Gasteiger partial charge on any atom is -0.365 e. The molecule has 1 aliphatic rings. The molecule has 2 aromatic heterocycles. The van der Waals surface area contributed by atoms with E-state index in [1.54, 1.807) is 0 Å². The van der Waals surface area contributed by atoms with E-state index in [4.69, 9.17) is 5.73 Å². The first-order chi connectivity index (χ1) is 11.0. The number of thiophene rings is 1. The number of aryl methyl sites for hydroxylation is 2. The van der Waals surface area contributed by atoms with Crippen LogP contribution in [0.15, 0.2) is 16.9 Å². The van der Waals surface area contributed by atoms with Gasteiger partial charge in [-0.15, -0.1) is 11.3 Å². The van der Waals surface area contributed by atoms with Crippen molar-refractivity contribution in [3.8, 4) is 0 Å². The smallest absolute Gasteiger partial charge is 0.276 e. The first-order valence-corrected chi connectivity index (χ1v) is 8.09. The average Bonchev–Trinajstić information content (AvgIpc) is 2.87. The summed E-state index contributed by atoms with van der Waals surface area (Å²) in [6.07, 6.45) is 3.79. The summed E-state index contributed by atoms with van der Waals surface area (Å²) in [5, 5.41) is 7.08. The molecule has 0 aromatic carbocycles. The van der Waals surface area contributed by atoms with E-state index in [-0.39, 0.29) is 11.3 Å². The standard InChI is InChI=1S/C15H16N4O3S/c1-19-11(20)7-6-9(18-19)14(22)17-15-12(13(16)21)8-4-2-3-5-10(8)23-15/h6-7H,2-5H2,1H3,(H2,16,21)(H,17,22). The van der Waals surface area contributed by atoms with Crippen LogP contribution in [0.4, 0.5) is 5.00 Å². The van der Waals surface area contributed by atoms with Crippen molar-refractivity contribution in [1.29, 1.82) is 0 Å². The number of aromatic nitrogens is 2. The van der Waals surface area contributed by atoms with Crippen molar-refractivity contribution in [3.63, 3.8) is 0 Å². The first kappa shape index (κ1) is 15.4. The third kappa shape index (κ3) is 2.89. The summed E-state index contributed by atoms with van der Waals surface area (Å²) < 4.78 is 1.09. The van der Waals surface area contributed by atoms with E-state index in [9.17, 15) is 14.4 Å². The first-order valence-electron chi connectivity index (χ1n) is 7.27. The number of fused-ring (bicyclic) bond motifs is 1. The number of hydrogen-bond acceptors (Lipinski definition) is 5. The van der Waals surface area contributed by atoms with Crippen LogP contribution in [0.2, 0.25) is 0 Å². The molecule has 0 saturated carbocycles. The van der Waals surface area contributed by atoms with E-state index in [1.807, 2.05) is 0 Å². The van der Waals surface area contributed by atoms with E-state index < -0.39 is 11.8 Å². The number of amides is 2. The van der Waals surface area contributed by atoms with Gasteiger partial charge < -0.3 is 11.1 Å². The van der Waals surface area contributed by atoms with E-state index in [0.29, 0.717) is 10.6 Å². The van der Waals surface area contributed by atoms with Crippen LogP contribution < -0.4 is 16.6 Å². The number of nitrogens with zero attached hydrogens (tertiary/aromatic N) is 2. The van der Waals surface area contributed by atoms with Crippen molar-refractivity contribution < 1.29 is 9.59 Å². The molecule has 0 saturated heterocycles. The van der Waals surface area contributed by atoms with Crippen molar-refractivity contribution in [2.75, 3.05) is 5.32 Å². The van der Waals surface area contributed by atoms with Gasteiger partial charge in [0.1, 0.15) is 10.7 Å². The summed E-state index contributed by atoms with van der Waals surface area (Å²) in [4.78, 5) is 36.6. The molecule has 0 aliphatic heterocycles. The Labute approximate surface area is 136 Å². The Kier molecular flexibility index (Phi) is 3.99. The highest BCUT2D eigenvalue weighted by atomic mass is 32.1. The Morgan fingerprint density at radius 2 is 2.04 bits per heavy atom. The van der Waals surface area contributed by atoms with Gasteiger partial charge in [-0.05, 0) is 37.3 Å². The molecule has 8 heteroatoms. The van der Waals surface area contributed by atoms with Gasteiger partial charge in [-0.25, -0.2) is 4.68 Å². The predicted octanol–water partition coefficient (Wildman–Crippen LogP) is 1.07. The summed E-state index contributed by atoms with van der Waals surface area (Å²) in [7, 11) is 1.47. The van der Waals surface area contributed by atoms with Crippen molar-refractivity contribution in [2.24, 2.45) is 12.8 Å². The maximum Gasteiger partial charge on any atom is 0.276 e. The molecule has 23 heavy (non-hydrogen) atoms. The number of rotatable bonds is 3. The van der Waals surface area contributed by atoms with Gasteiger partial charge in [-0.3, -0.25) is 14.4 Å². The van der Waals surface area contributed by atoms with Gasteiger partial charge in [-0.2, -0.15) is 5.10 Å². The van der Waals surface area contributed by atoms with Crippen LogP contribution in [0.25, 0.3) is 0 Å². The topological polar surface area (TPSA) is 107 Å². The lowest BCUT2D eigenvalue weighted by Gasteiger charge is -2.11. The number of anilines is 1. The lowest BCUT2D eigenvalue weighted by atomic mass is 9.95. The fourth-order valence-electron chi connectivity index (χ4n) is 2.71. The lowest BCUT2D eigenvalue weighted by molar-refractivity contribution is 0.100. The maximum atomic E-state index is 12.3. The predicted molar refractivity (Wildman–Crippen MR) is 86.9 cm³/mol. The van der Waals surface area contributed by atoms with Gasteiger partial charge >= 0.3 is 0 Å². The number of primary amides is 1. The monoisotopic (exact) mass is 332 g/mol. The largest absolute Gasteiger partial charge is 0.365 e.